The van der Waals surface area contributed by atoms with Crippen LogP contribution in [0.5, 0.6) is 0 Å². The molecule has 2 aromatic rings. The SMILES string of the molecule is CCC(CNC(=NC)NCc1ccccn1)Cc1cccc(Br)c1. The Hall–Kier alpha value is -1.88. The van der Waals surface area contributed by atoms with Crippen molar-refractivity contribution in [1.82, 2.24) is 15.6 Å². The van der Waals surface area contributed by atoms with Gasteiger partial charge < -0.3 is 10.6 Å². The summed E-state index contributed by atoms with van der Waals surface area (Å²) in [5, 5.41) is 6.73. The molecule has 1 aromatic carbocycles. The first-order chi connectivity index (χ1) is 11.7. The van der Waals surface area contributed by atoms with Gasteiger partial charge >= 0.3 is 0 Å². The number of nitrogens with one attached hydrogen (secondary N) is 2. The van der Waals surface area contributed by atoms with E-state index in [0.717, 1.165) is 35.5 Å². The highest BCUT2D eigenvalue weighted by Crippen LogP contribution is 2.16. The predicted octanol–water partition coefficient (Wildman–Crippen LogP) is 3.78. The fourth-order valence-electron chi connectivity index (χ4n) is 2.50. The van der Waals surface area contributed by atoms with E-state index in [1.165, 1.54) is 5.56 Å². The van der Waals surface area contributed by atoms with Crippen LogP contribution in [-0.4, -0.2) is 24.5 Å². The van der Waals surface area contributed by atoms with Gasteiger partial charge in [0.15, 0.2) is 5.96 Å². The minimum Gasteiger partial charge on any atom is -0.356 e. The van der Waals surface area contributed by atoms with Crippen LogP contribution in [0.25, 0.3) is 0 Å². The van der Waals surface area contributed by atoms with Crippen LogP contribution in [0.2, 0.25) is 0 Å². The standard InChI is InChI=1S/C19H25BrN4/c1-3-15(11-16-7-6-8-17(20)12-16)13-23-19(21-2)24-14-18-9-4-5-10-22-18/h4-10,12,15H,3,11,13-14H2,1-2H3,(H2,21,23,24). The molecule has 2 N–H and O–H groups in total. The lowest BCUT2D eigenvalue weighted by Crippen LogP contribution is -2.39. The Bertz CT molecular complexity index is 643. The molecule has 0 saturated carbocycles. The topological polar surface area (TPSA) is 49.3 Å². The van der Waals surface area contributed by atoms with Crippen LogP contribution < -0.4 is 10.6 Å². The maximum absolute atomic E-state index is 4.31. The molecule has 5 heteroatoms. The zero-order chi connectivity index (χ0) is 17.2. The second-order valence-electron chi connectivity index (χ2n) is 5.74. The van der Waals surface area contributed by atoms with Crippen LogP contribution in [0.3, 0.4) is 0 Å². The Balaban J connectivity index is 1.82. The van der Waals surface area contributed by atoms with Gasteiger partial charge in [-0.15, -0.1) is 0 Å². The quantitative estimate of drug-likeness (QED) is 0.560. The van der Waals surface area contributed by atoms with Crippen molar-refractivity contribution >= 4 is 21.9 Å². The summed E-state index contributed by atoms with van der Waals surface area (Å²) in [6, 6.07) is 14.4. The number of rotatable bonds is 7. The first-order valence-electron chi connectivity index (χ1n) is 8.30. The Kier molecular flexibility index (Phi) is 7.75. The smallest absolute Gasteiger partial charge is 0.191 e. The van der Waals surface area contributed by atoms with Crippen molar-refractivity contribution in [2.45, 2.75) is 26.3 Å². The summed E-state index contributed by atoms with van der Waals surface area (Å²) in [5.41, 5.74) is 2.36. The largest absolute Gasteiger partial charge is 0.356 e. The average Bonchev–Trinajstić information content (AvgIpc) is 2.61. The molecule has 1 heterocycles. The van der Waals surface area contributed by atoms with Gasteiger partial charge in [-0.25, -0.2) is 0 Å². The average molecular weight is 389 g/mol. The number of pyridine rings is 1. The van der Waals surface area contributed by atoms with Crippen LogP contribution in [-0.2, 0) is 13.0 Å². The van der Waals surface area contributed by atoms with Gasteiger partial charge in [-0.1, -0.05) is 47.5 Å². The molecule has 0 aliphatic heterocycles. The van der Waals surface area contributed by atoms with E-state index in [0.29, 0.717) is 12.5 Å². The maximum Gasteiger partial charge on any atom is 0.191 e. The third-order valence-electron chi connectivity index (χ3n) is 3.94. The number of aliphatic imine (C=N–C) groups is 1. The van der Waals surface area contributed by atoms with Crippen LogP contribution in [0.15, 0.2) is 58.1 Å². The molecule has 1 aromatic heterocycles. The highest BCUT2D eigenvalue weighted by atomic mass is 79.9. The Morgan fingerprint density at radius 1 is 1.21 bits per heavy atom. The van der Waals surface area contributed by atoms with Gasteiger partial charge in [0.1, 0.15) is 0 Å². The summed E-state index contributed by atoms with van der Waals surface area (Å²) >= 11 is 3.54. The first kappa shape index (κ1) is 18.5. The van der Waals surface area contributed by atoms with Crippen molar-refractivity contribution in [3.05, 3.63) is 64.4 Å². The molecule has 0 saturated heterocycles. The second kappa shape index (κ2) is 10.1. The molecule has 1 unspecified atom stereocenters. The molecular weight excluding hydrogens is 364 g/mol. The molecule has 0 radical (unpaired) electrons. The van der Waals surface area contributed by atoms with Gasteiger partial charge in [0.25, 0.3) is 0 Å². The molecule has 128 valence electrons. The summed E-state index contributed by atoms with van der Waals surface area (Å²) in [6.07, 6.45) is 3.98. The van der Waals surface area contributed by atoms with Crippen LogP contribution in [0, 0.1) is 5.92 Å². The lowest BCUT2D eigenvalue weighted by atomic mass is 9.97. The molecule has 0 aliphatic carbocycles. The first-order valence-corrected chi connectivity index (χ1v) is 9.09. The van der Waals surface area contributed by atoms with Crippen molar-refractivity contribution in [1.29, 1.82) is 0 Å². The molecule has 24 heavy (non-hydrogen) atoms. The number of hydrogen-bond acceptors (Lipinski definition) is 2. The zero-order valence-corrected chi connectivity index (χ0v) is 15.9. The Morgan fingerprint density at radius 3 is 2.75 bits per heavy atom. The fourth-order valence-corrected chi connectivity index (χ4v) is 2.94. The van der Waals surface area contributed by atoms with Crippen molar-refractivity contribution < 1.29 is 0 Å². The zero-order valence-electron chi connectivity index (χ0n) is 14.3. The van der Waals surface area contributed by atoms with Crippen molar-refractivity contribution in [3.63, 3.8) is 0 Å². The van der Waals surface area contributed by atoms with Gasteiger partial charge in [-0.05, 0) is 42.2 Å². The number of hydrogen-bond donors (Lipinski definition) is 2. The monoisotopic (exact) mass is 388 g/mol. The fraction of sp³-hybridized carbons (Fsp3) is 0.368. The molecule has 0 aliphatic rings. The van der Waals surface area contributed by atoms with E-state index in [1.54, 1.807) is 13.2 Å². The molecule has 0 bridgehead atoms. The summed E-state index contributed by atoms with van der Waals surface area (Å²) in [5.74, 6) is 1.38. The van der Waals surface area contributed by atoms with E-state index in [2.05, 4.69) is 67.7 Å². The minimum atomic E-state index is 0.563. The van der Waals surface area contributed by atoms with E-state index in [-0.39, 0.29) is 0 Å². The Labute approximate surface area is 152 Å². The second-order valence-corrected chi connectivity index (χ2v) is 6.65. The lowest BCUT2D eigenvalue weighted by Gasteiger charge is -2.18. The summed E-state index contributed by atoms with van der Waals surface area (Å²) in [4.78, 5) is 8.60. The van der Waals surface area contributed by atoms with E-state index in [4.69, 9.17) is 0 Å². The number of halogens is 1. The van der Waals surface area contributed by atoms with Crippen LogP contribution in [0.1, 0.15) is 24.6 Å². The summed E-state index contributed by atoms with van der Waals surface area (Å²) in [6.45, 7) is 3.79. The van der Waals surface area contributed by atoms with Gasteiger partial charge in [0, 0.05) is 24.3 Å². The highest BCUT2D eigenvalue weighted by Gasteiger charge is 2.09. The van der Waals surface area contributed by atoms with Gasteiger partial charge in [-0.2, -0.15) is 0 Å². The molecule has 1 atom stereocenters. The van der Waals surface area contributed by atoms with Crippen LogP contribution in [0.4, 0.5) is 0 Å². The number of guanidine groups is 1. The summed E-state index contributed by atoms with van der Waals surface area (Å²) in [7, 11) is 1.79. The normalized spacial score (nSPS) is 12.7. The predicted molar refractivity (Wildman–Crippen MR) is 104 cm³/mol. The number of aromatic nitrogens is 1. The third-order valence-corrected chi connectivity index (χ3v) is 4.43. The molecule has 0 spiro atoms. The molecular formula is C19H25BrN4. The van der Waals surface area contributed by atoms with Crippen molar-refractivity contribution in [3.8, 4) is 0 Å². The molecule has 0 fully saturated rings. The van der Waals surface area contributed by atoms with Gasteiger partial charge in [0.2, 0.25) is 0 Å². The third kappa shape index (κ3) is 6.32. The maximum atomic E-state index is 4.31. The minimum absolute atomic E-state index is 0.563. The van der Waals surface area contributed by atoms with Gasteiger partial charge in [-0.3, -0.25) is 9.98 Å². The number of benzene rings is 1. The lowest BCUT2D eigenvalue weighted by molar-refractivity contribution is 0.493. The Morgan fingerprint density at radius 2 is 2.08 bits per heavy atom. The van der Waals surface area contributed by atoms with Crippen molar-refractivity contribution in [2.75, 3.05) is 13.6 Å². The molecule has 0 amide bonds. The van der Waals surface area contributed by atoms with Crippen molar-refractivity contribution in [2.24, 2.45) is 10.9 Å². The van der Waals surface area contributed by atoms with Crippen LogP contribution >= 0.6 is 15.9 Å². The van der Waals surface area contributed by atoms with E-state index < -0.39 is 0 Å². The molecule has 2 rings (SSSR count). The summed E-state index contributed by atoms with van der Waals surface area (Å²) < 4.78 is 1.13. The van der Waals surface area contributed by atoms with Gasteiger partial charge in [0.05, 0.1) is 12.2 Å². The van der Waals surface area contributed by atoms with E-state index >= 15 is 0 Å². The van der Waals surface area contributed by atoms with E-state index in [9.17, 15) is 0 Å². The van der Waals surface area contributed by atoms with E-state index in [1.807, 2.05) is 18.2 Å². The molecule has 4 nitrogen and oxygen atoms in total. The number of nitrogens with zero attached hydrogens (tertiary/aromatic N) is 2. The highest BCUT2D eigenvalue weighted by molar-refractivity contribution is 9.10.